The normalized spacial score (nSPS) is 12.2. The fourth-order valence-corrected chi connectivity index (χ4v) is 5.56. The van der Waals surface area contributed by atoms with Gasteiger partial charge in [0, 0.05) is 13.2 Å². The van der Waals surface area contributed by atoms with Crippen LogP contribution in [0, 0.1) is 5.82 Å². The number of halogens is 4. The Morgan fingerprint density at radius 2 is 1.70 bits per heavy atom. The third kappa shape index (κ3) is 6.19. The number of hydrogen-bond acceptors (Lipinski definition) is 7. The smallest absolute Gasteiger partial charge is 0.421 e. The molecule has 0 aliphatic rings. The minimum Gasteiger partial charge on any atom is -0.495 e. The number of ether oxygens (including phenoxy) is 1. The van der Waals surface area contributed by atoms with Crippen molar-refractivity contribution in [2.24, 2.45) is 0 Å². The first-order valence-corrected chi connectivity index (χ1v) is 13.6. The zero-order valence-electron chi connectivity index (χ0n) is 21.9. The van der Waals surface area contributed by atoms with E-state index >= 15 is 0 Å². The number of methoxy groups -OCH3 is 1. The van der Waals surface area contributed by atoms with Gasteiger partial charge in [-0.15, -0.1) is 0 Å². The molecule has 0 radical (unpaired) electrons. The summed E-state index contributed by atoms with van der Waals surface area (Å²) >= 11 is 0. The van der Waals surface area contributed by atoms with Crippen molar-refractivity contribution in [1.29, 1.82) is 0 Å². The van der Waals surface area contributed by atoms with Crippen LogP contribution < -0.4 is 20.7 Å². The standard InChI is InChI=1S/C25H28F4N5O5P/c1-5-24(6-2,40(36,37)38)14-7-9-19(20(11-14)39-4)33-23-31-13-17(25(27,28)29)21(34-23)32-18-10-8-15(26)12-16(18)22(35)30-3/h7-13H,5-6H2,1-4H3,(H,30,35)(H2,36,37,38)(H2,31,32,33,34). The summed E-state index contributed by atoms with van der Waals surface area (Å²) < 4.78 is 72.8. The van der Waals surface area contributed by atoms with Crippen molar-refractivity contribution in [2.75, 3.05) is 24.8 Å². The number of amides is 1. The number of anilines is 4. The molecule has 216 valence electrons. The Balaban J connectivity index is 2.06. The number of alkyl halides is 3. The van der Waals surface area contributed by atoms with Gasteiger partial charge in [-0.3, -0.25) is 9.36 Å². The van der Waals surface area contributed by atoms with Crippen LogP contribution in [0.15, 0.2) is 42.6 Å². The van der Waals surface area contributed by atoms with Gasteiger partial charge in [0.05, 0.1) is 29.2 Å². The second kappa shape index (κ2) is 11.8. The Hall–Kier alpha value is -3.74. The lowest BCUT2D eigenvalue weighted by atomic mass is 9.92. The van der Waals surface area contributed by atoms with E-state index in [1.807, 2.05) is 0 Å². The number of benzene rings is 2. The highest BCUT2D eigenvalue weighted by Crippen LogP contribution is 2.61. The zero-order chi connectivity index (χ0) is 29.9. The minimum atomic E-state index is -4.88. The van der Waals surface area contributed by atoms with Gasteiger partial charge in [-0.1, -0.05) is 19.9 Å². The van der Waals surface area contributed by atoms with E-state index in [9.17, 15) is 36.7 Å². The summed E-state index contributed by atoms with van der Waals surface area (Å²) in [7, 11) is -1.98. The van der Waals surface area contributed by atoms with E-state index in [4.69, 9.17) is 4.74 Å². The van der Waals surface area contributed by atoms with E-state index in [2.05, 4.69) is 25.9 Å². The topological polar surface area (TPSA) is 146 Å². The van der Waals surface area contributed by atoms with Crippen molar-refractivity contribution >= 4 is 36.6 Å². The van der Waals surface area contributed by atoms with Crippen molar-refractivity contribution < 1.29 is 41.4 Å². The number of nitrogens with zero attached hydrogens (tertiary/aromatic N) is 2. The van der Waals surface area contributed by atoms with Crippen LogP contribution in [0.1, 0.15) is 48.2 Å². The Labute approximate surface area is 227 Å². The van der Waals surface area contributed by atoms with Crippen LogP contribution >= 0.6 is 7.60 Å². The van der Waals surface area contributed by atoms with E-state index < -0.39 is 42.0 Å². The first kappa shape index (κ1) is 30.8. The van der Waals surface area contributed by atoms with Crippen LogP contribution in [-0.2, 0) is 15.9 Å². The Kier molecular flexibility index (Phi) is 9.07. The molecule has 0 saturated carbocycles. The molecule has 0 aliphatic heterocycles. The minimum absolute atomic E-state index is 0.134. The van der Waals surface area contributed by atoms with Gasteiger partial charge in [-0.2, -0.15) is 18.2 Å². The summed E-state index contributed by atoms with van der Waals surface area (Å²) in [6, 6.07) is 7.30. The molecular weight excluding hydrogens is 557 g/mol. The zero-order valence-corrected chi connectivity index (χ0v) is 22.8. The number of nitrogens with one attached hydrogen (secondary N) is 3. The van der Waals surface area contributed by atoms with Gasteiger partial charge >= 0.3 is 13.8 Å². The second-order valence-corrected chi connectivity index (χ2v) is 10.6. The molecule has 0 saturated heterocycles. The van der Waals surface area contributed by atoms with Crippen LogP contribution in [0.4, 0.5) is 40.7 Å². The summed E-state index contributed by atoms with van der Waals surface area (Å²) in [5.74, 6) is -2.38. The van der Waals surface area contributed by atoms with Crippen molar-refractivity contribution in [3.63, 3.8) is 0 Å². The number of carbonyl (C=O) groups is 1. The van der Waals surface area contributed by atoms with Gasteiger partial charge in [0.1, 0.15) is 22.9 Å². The summed E-state index contributed by atoms with van der Waals surface area (Å²) in [6.07, 6.45) is -4.06. The summed E-state index contributed by atoms with van der Waals surface area (Å²) in [5.41, 5.74) is -1.10. The predicted molar refractivity (Wildman–Crippen MR) is 141 cm³/mol. The highest BCUT2D eigenvalue weighted by atomic mass is 31.2. The van der Waals surface area contributed by atoms with Gasteiger partial charge in [-0.25, -0.2) is 9.37 Å². The molecule has 5 N–H and O–H groups in total. The molecule has 0 atom stereocenters. The molecule has 40 heavy (non-hydrogen) atoms. The average molecular weight is 585 g/mol. The molecule has 10 nitrogen and oxygen atoms in total. The number of carbonyl (C=O) groups excluding carboxylic acids is 1. The van der Waals surface area contributed by atoms with Crippen molar-refractivity contribution in [3.8, 4) is 5.75 Å². The van der Waals surface area contributed by atoms with Crippen molar-refractivity contribution in [3.05, 3.63) is 65.1 Å². The van der Waals surface area contributed by atoms with E-state index in [1.54, 1.807) is 13.8 Å². The summed E-state index contributed by atoms with van der Waals surface area (Å²) in [5, 5.41) is 6.03. The highest BCUT2D eigenvalue weighted by Gasteiger charge is 2.45. The lowest BCUT2D eigenvalue weighted by Crippen LogP contribution is -2.24. The number of aromatic nitrogens is 2. The largest absolute Gasteiger partial charge is 0.495 e. The quantitative estimate of drug-likeness (QED) is 0.150. The molecule has 0 aliphatic carbocycles. The maximum atomic E-state index is 13.8. The maximum Gasteiger partial charge on any atom is 0.421 e. The average Bonchev–Trinajstić information content (AvgIpc) is 2.89. The van der Waals surface area contributed by atoms with E-state index in [1.165, 1.54) is 32.4 Å². The monoisotopic (exact) mass is 585 g/mol. The number of rotatable bonds is 10. The Morgan fingerprint density at radius 3 is 2.25 bits per heavy atom. The summed E-state index contributed by atoms with van der Waals surface area (Å²) in [4.78, 5) is 40.0. The van der Waals surface area contributed by atoms with Gasteiger partial charge in [0.25, 0.3) is 5.91 Å². The van der Waals surface area contributed by atoms with Crippen molar-refractivity contribution in [1.82, 2.24) is 15.3 Å². The first-order valence-electron chi connectivity index (χ1n) is 11.9. The molecule has 1 amide bonds. The van der Waals surface area contributed by atoms with Crippen LogP contribution in [-0.4, -0.2) is 39.8 Å². The molecule has 0 unspecified atom stereocenters. The highest BCUT2D eigenvalue weighted by molar-refractivity contribution is 7.53. The SMILES string of the molecule is CCC(CC)(c1ccc(Nc2ncc(C(F)(F)F)c(Nc3ccc(F)cc3C(=O)NC)n2)c(OC)c1)P(=O)(O)O. The fraction of sp³-hybridized carbons (Fsp3) is 0.320. The maximum absolute atomic E-state index is 13.8. The van der Waals surface area contributed by atoms with E-state index in [0.717, 1.165) is 18.2 Å². The summed E-state index contributed by atoms with van der Waals surface area (Å²) in [6.45, 7) is 3.31. The van der Waals surface area contributed by atoms with Crippen molar-refractivity contribution in [2.45, 2.75) is 38.0 Å². The van der Waals surface area contributed by atoms with Gasteiger partial charge in [0.15, 0.2) is 0 Å². The third-order valence-electron chi connectivity index (χ3n) is 6.51. The molecule has 3 aromatic rings. The van der Waals surface area contributed by atoms with E-state index in [0.29, 0.717) is 11.8 Å². The van der Waals surface area contributed by atoms with Gasteiger partial charge in [-0.05, 0) is 48.7 Å². The molecular formula is C25H28F4N5O5P. The van der Waals surface area contributed by atoms with E-state index in [-0.39, 0.29) is 41.5 Å². The molecule has 0 spiro atoms. The predicted octanol–water partition coefficient (Wildman–Crippen LogP) is 5.68. The lowest BCUT2D eigenvalue weighted by molar-refractivity contribution is -0.137. The van der Waals surface area contributed by atoms with Gasteiger partial charge < -0.3 is 30.5 Å². The molecule has 1 aromatic heterocycles. The Bertz CT molecular complexity index is 1440. The first-order chi connectivity index (χ1) is 18.7. The van der Waals surface area contributed by atoms with Crippen LogP contribution in [0.25, 0.3) is 0 Å². The van der Waals surface area contributed by atoms with Crippen LogP contribution in [0.3, 0.4) is 0 Å². The molecule has 2 aromatic carbocycles. The van der Waals surface area contributed by atoms with Crippen LogP contribution in [0.2, 0.25) is 0 Å². The van der Waals surface area contributed by atoms with Crippen LogP contribution in [0.5, 0.6) is 5.75 Å². The fourth-order valence-electron chi connectivity index (χ4n) is 4.26. The molecule has 1 heterocycles. The molecule has 15 heteroatoms. The molecule has 0 bridgehead atoms. The number of hydrogen-bond donors (Lipinski definition) is 5. The third-order valence-corrected chi connectivity index (χ3v) is 8.52. The molecule has 0 fully saturated rings. The van der Waals surface area contributed by atoms with Gasteiger partial charge in [0.2, 0.25) is 5.95 Å². The molecule has 3 rings (SSSR count). The lowest BCUT2D eigenvalue weighted by Gasteiger charge is -2.33. The second-order valence-electron chi connectivity index (χ2n) is 8.67. The Morgan fingerprint density at radius 1 is 1.05 bits per heavy atom.